The normalized spacial score (nSPS) is 17.4. The van der Waals surface area contributed by atoms with E-state index in [1.165, 1.54) is 24.1 Å². The molecule has 0 radical (unpaired) electrons. The van der Waals surface area contributed by atoms with E-state index in [9.17, 15) is 14.0 Å². The van der Waals surface area contributed by atoms with E-state index in [0.29, 0.717) is 22.9 Å². The first-order chi connectivity index (χ1) is 15.9. The molecule has 8 nitrogen and oxygen atoms in total. The van der Waals surface area contributed by atoms with Crippen LogP contribution in [0.1, 0.15) is 31.0 Å². The highest BCUT2D eigenvalue weighted by Crippen LogP contribution is 2.40. The number of nitrogens with zero attached hydrogens (tertiary/aromatic N) is 4. The number of carbonyl (C=O) groups excluding carboxylic acids is 2. The minimum Gasteiger partial charge on any atom is -0.466 e. The fourth-order valence-electron chi connectivity index (χ4n) is 3.89. The molecule has 0 fully saturated rings. The molecule has 9 heteroatoms. The second-order valence-corrected chi connectivity index (χ2v) is 7.47. The van der Waals surface area contributed by atoms with Gasteiger partial charge in [0.2, 0.25) is 11.8 Å². The van der Waals surface area contributed by atoms with Gasteiger partial charge in [-0.05, 0) is 50.1 Å². The summed E-state index contributed by atoms with van der Waals surface area (Å²) in [6.45, 7) is 5.44. The summed E-state index contributed by atoms with van der Waals surface area (Å²) in [4.78, 5) is 31.9. The quantitative estimate of drug-likeness (QED) is 0.646. The largest absolute Gasteiger partial charge is 0.466 e. The number of anilines is 1. The van der Waals surface area contributed by atoms with Gasteiger partial charge >= 0.3 is 11.9 Å². The van der Waals surface area contributed by atoms with Crippen molar-refractivity contribution in [3.63, 3.8) is 0 Å². The molecule has 0 unspecified atom stereocenters. The van der Waals surface area contributed by atoms with Gasteiger partial charge in [-0.2, -0.15) is 5.01 Å². The Morgan fingerprint density at radius 3 is 2.39 bits per heavy atom. The van der Waals surface area contributed by atoms with Gasteiger partial charge < -0.3 is 9.47 Å². The number of fused-ring (bicyclic) bond motifs is 1. The summed E-state index contributed by atoms with van der Waals surface area (Å²) in [5.74, 6) is -1.42. The second kappa shape index (κ2) is 8.85. The van der Waals surface area contributed by atoms with Gasteiger partial charge in [-0.1, -0.05) is 30.3 Å². The zero-order valence-corrected chi connectivity index (χ0v) is 18.7. The van der Waals surface area contributed by atoms with Crippen LogP contribution in [0.3, 0.4) is 0 Å². The topological polar surface area (TPSA) is 83.8 Å². The first-order valence-corrected chi connectivity index (χ1v) is 10.4. The van der Waals surface area contributed by atoms with Crippen molar-refractivity contribution < 1.29 is 23.5 Å². The molecular formula is C24H23FN4O4. The highest BCUT2D eigenvalue weighted by atomic mass is 19.1. The van der Waals surface area contributed by atoms with Crippen molar-refractivity contribution in [1.29, 1.82) is 0 Å². The van der Waals surface area contributed by atoms with Crippen molar-refractivity contribution in [2.24, 2.45) is 10.1 Å². The van der Waals surface area contributed by atoms with Gasteiger partial charge in [0.05, 0.1) is 36.7 Å². The smallest absolute Gasteiger partial charge is 0.376 e. The number of amidine groups is 1. The van der Waals surface area contributed by atoms with E-state index in [-0.39, 0.29) is 18.0 Å². The summed E-state index contributed by atoms with van der Waals surface area (Å²) in [5, 5.41) is 6.10. The average molecular weight is 450 g/mol. The molecule has 2 aromatic rings. The second-order valence-electron chi connectivity index (χ2n) is 7.47. The number of carbonyl (C=O) groups is 2. The van der Waals surface area contributed by atoms with Gasteiger partial charge in [0.15, 0.2) is 0 Å². The molecule has 0 saturated carbocycles. The Labute approximate surface area is 190 Å². The van der Waals surface area contributed by atoms with Crippen LogP contribution >= 0.6 is 0 Å². The summed E-state index contributed by atoms with van der Waals surface area (Å²) in [6.07, 6.45) is 0. The molecule has 0 aromatic heterocycles. The maximum atomic E-state index is 13.7. The van der Waals surface area contributed by atoms with Crippen LogP contribution < -0.4 is 5.01 Å². The van der Waals surface area contributed by atoms with E-state index >= 15 is 0 Å². The number of hydrazone groups is 1. The number of halogens is 1. The molecule has 2 aliphatic rings. The Bertz CT molecular complexity index is 1200. The number of hydrogen-bond donors (Lipinski definition) is 0. The number of benzene rings is 2. The number of rotatable bonds is 5. The molecule has 0 bridgehead atoms. The van der Waals surface area contributed by atoms with Crippen LogP contribution in [0.25, 0.3) is 0 Å². The van der Waals surface area contributed by atoms with Gasteiger partial charge in [0.1, 0.15) is 5.82 Å². The number of ether oxygens (including phenoxy) is 2. The number of methoxy groups -OCH3 is 1. The highest BCUT2D eigenvalue weighted by Gasteiger charge is 2.47. The van der Waals surface area contributed by atoms with Crippen LogP contribution in [-0.2, 0) is 19.1 Å². The van der Waals surface area contributed by atoms with Crippen LogP contribution in [0, 0.1) is 12.7 Å². The summed E-state index contributed by atoms with van der Waals surface area (Å²) < 4.78 is 24.0. The first-order valence-electron chi connectivity index (χ1n) is 10.4. The Balaban J connectivity index is 1.96. The van der Waals surface area contributed by atoms with Crippen molar-refractivity contribution >= 4 is 29.4 Å². The molecule has 1 atom stereocenters. The van der Waals surface area contributed by atoms with Crippen molar-refractivity contribution in [2.45, 2.75) is 26.8 Å². The van der Waals surface area contributed by atoms with Gasteiger partial charge in [0.25, 0.3) is 0 Å². The number of allylic oxidation sites excluding steroid dienone is 1. The standard InChI is InChI=1S/C24H23FN4O4/c1-5-33-23(31)21-27-29(18-9-7-6-8-14(18)2)24-26-15(3)19(22(30)32-4)20(28(21)24)16-10-12-17(25)13-11-16/h6-13,20H,5H2,1-4H3/t20-/m1/s1. The number of esters is 2. The Kier molecular flexibility index (Phi) is 5.95. The molecule has 2 aliphatic heterocycles. The molecule has 4 rings (SSSR count). The summed E-state index contributed by atoms with van der Waals surface area (Å²) in [7, 11) is 1.27. The van der Waals surface area contributed by atoms with Crippen molar-refractivity contribution in [3.05, 3.63) is 76.7 Å². The number of para-hydroxylation sites is 1. The first kappa shape index (κ1) is 22.2. The lowest BCUT2D eigenvalue weighted by Gasteiger charge is -2.35. The number of guanidine groups is 1. The highest BCUT2D eigenvalue weighted by molar-refractivity contribution is 6.41. The number of hydrogen-bond acceptors (Lipinski definition) is 8. The van der Waals surface area contributed by atoms with E-state index < -0.39 is 23.8 Å². The molecule has 0 N–H and O–H groups in total. The zero-order valence-electron chi connectivity index (χ0n) is 18.7. The Morgan fingerprint density at radius 2 is 1.76 bits per heavy atom. The third-order valence-electron chi connectivity index (χ3n) is 5.41. The van der Waals surface area contributed by atoms with E-state index in [4.69, 9.17) is 9.47 Å². The van der Waals surface area contributed by atoms with E-state index in [1.807, 2.05) is 31.2 Å². The molecule has 2 aromatic carbocycles. The van der Waals surface area contributed by atoms with Gasteiger partial charge in [-0.3, -0.25) is 4.90 Å². The average Bonchev–Trinajstić information content (AvgIpc) is 3.17. The Morgan fingerprint density at radius 1 is 1.06 bits per heavy atom. The maximum Gasteiger partial charge on any atom is 0.376 e. The molecule has 0 saturated heterocycles. The zero-order chi connectivity index (χ0) is 23.7. The summed E-state index contributed by atoms with van der Waals surface area (Å²) in [5.41, 5.74) is 2.81. The maximum absolute atomic E-state index is 13.7. The molecule has 170 valence electrons. The Hall–Kier alpha value is -4.01. The van der Waals surface area contributed by atoms with Crippen molar-refractivity contribution in [3.8, 4) is 0 Å². The predicted octanol–water partition coefficient (Wildman–Crippen LogP) is 3.69. The summed E-state index contributed by atoms with van der Waals surface area (Å²) in [6, 6.07) is 12.4. The lowest BCUT2D eigenvalue weighted by atomic mass is 9.94. The molecule has 2 heterocycles. The molecule has 33 heavy (non-hydrogen) atoms. The van der Waals surface area contributed by atoms with Crippen LogP contribution in [0.15, 0.2) is 69.9 Å². The number of aliphatic imine (C=N–C) groups is 1. The van der Waals surface area contributed by atoms with Crippen LogP contribution in [0.5, 0.6) is 0 Å². The van der Waals surface area contributed by atoms with Gasteiger partial charge in [0, 0.05) is 0 Å². The van der Waals surface area contributed by atoms with Gasteiger partial charge in [-0.15, -0.1) is 5.10 Å². The number of aryl methyl sites for hydroxylation is 1. The van der Waals surface area contributed by atoms with Crippen molar-refractivity contribution in [1.82, 2.24) is 4.90 Å². The SMILES string of the molecule is CCOC(=O)C1=NN(c2ccccc2C)C2=NC(C)=C(C(=O)OC)[C@@H](c3ccc(F)cc3)N12. The van der Waals surface area contributed by atoms with Crippen LogP contribution in [-0.4, -0.2) is 42.4 Å². The van der Waals surface area contributed by atoms with E-state index in [1.54, 1.807) is 31.0 Å². The lowest BCUT2D eigenvalue weighted by Crippen LogP contribution is -2.47. The van der Waals surface area contributed by atoms with E-state index in [0.717, 1.165) is 5.56 Å². The van der Waals surface area contributed by atoms with E-state index in [2.05, 4.69) is 10.1 Å². The predicted molar refractivity (Wildman–Crippen MR) is 121 cm³/mol. The molecule has 0 amide bonds. The third-order valence-corrected chi connectivity index (χ3v) is 5.41. The van der Waals surface area contributed by atoms with Crippen molar-refractivity contribution in [2.75, 3.05) is 18.7 Å². The minimum atomic E-state index is -0.831. The van der Waals surface area contributed by atoms with Crippen LogP contribution in [0.4, 0.5) is 10.1 Å². The summed E-state index contributed by atoms with van der Waals surface area (Å²) >= 11 is 0. The fourth-order valence-corrected chi connectivity index (χ4v) is 3.89. The fraction of sp³-hybridized carbons (Fsp3) is 0.250. The monoisotopic (exact) mass is 450 g/mol. The molecule has 0 aliphatic carbocycles. The lowest BCUT2D eigenvalue weighted by molar-refractivity contribution is -0.138. The molecule has 0 spiro atoms. The molecular weight excluding hydrogens is 427 g/mol. The van der Waals surface area contributed by atoms with Crippen LogP contribution in [0.2, 0.25) is 0 Å². The minimum absolute atomic E-state index is 0.0397. The third kappa shape index (κ3) is 3.86. The van der Waals surface area contributed by atoms with Gasteiger partial charge in [-0.25, -0.2) is 19.0 Å².